The molecular formula is C15H15O2P. The molecule has 18 heavy (non-hydrogen) atoms. The van der Waals surface area contributed by atoms with E-state index in [0.29, 0.717) is 11.1 Å². The maximum atomic E-state index is 13.2. The van der Waals surface area contributed by atoms with E-state index in [4.69, 9.17) is 4.74 Å². The standard InChI is InChI=1S/C15H15O2P/c1-3-18(16,13-9-5-4-6-10-13)15-12-8-7-11-14(15)17-2/h3-12H,1H2,2H3/t18-/m0/s1. The average molecular weight is 258 g/mol. The smallest absolute Gasteiger partial charge is 0.167 e. The quantitative estimate of drug-likeness (QED) is 0.787. The van der Waals surface area contributed by atoms with Gasteiger partial charge in [-0.2, -0.15) is 0 Å². The van der Waals surface area contributed by atoms with E-state index in [2.05, 4.69) is 6.58 Å². The number of para-hydroxylation sites is 1. The molecule has 0 aliphatic carbocycles. The van der Waals surface area contributed by atoms with E-state index < -0.39 is 7.14 Å². The summed E-state index contributed by atoms with van der Waals surface area (Å²) in [7, 11) is -1.24. The number of ether oxygens (including phenoxy) is 1. The summed E-state index contributed by atoms with van der Waals surface area (Å²) in [5.74, 6) is 2.16. The molecule has 0 bridgehead atoms. The molecule has 1 atom stereocenters. The van der Waals surface area contributed by atoms with Gasteiger partial charge >= 0.3 is 0 Å². The van der Waals surface area contributed by atoms with Crippen molar-refractivity contribution in [3.63, 3.8) is 0 Å². The highest BCUT2D eigenvalue weighted by Gasteiger charge is 2.26. The van der Waals surface area contributed by atoms with Gasteiger partial charge in [0.1, 0.15) is 5.75 Å². The van der Waals surface area contributed by atoms with Crippen molar-refractivity contribution in [2.45, 2.75) is 0 Å². The molecule has 0 amide bonds. The normalized spacial score (nSPS) is 13.6. The third-order valence-corrected chi connectivity index (χ3v) is 5.50. The van der Waals surface area contributed by atoms with E-state index in [-0.39, 0.29) is 0 Å². The minimum Gasteiger partial charge on any atom is -0.496 e. The molecule has 2 nitrogen and oxygen atoms in total. The molecular weight excluding hydrogens is 243 g/mol. The fourth-order valence-corrected chi connectivity index (χ4v) is 4.00. The van der Waals surface area contributed by atoms with E-state index in [1.165, 1.54) is 5.82 Å². The van der Waals surface area contributed by atoms with Crippen LogP contribution in [0.4, 0.5) is 0 Å². The zero-order valence-corrected chi connectivity index (χ0v) is 11.1. The van der Waals surface area contributed by atoms with Gasteiger partial charge in [0.15, 0.2) is 7.14 Å². The zero-order chi connectivity index (χ0) is 13.0. The summed E-state index contributed by atoms with van der Waals surface area (Å²) in [6.45, 7) is 3.74. The van der Waals surface area contributed by atoms with Crippen molar-refractivity contribution in [2.75, 3.05) is 7.11 Å². The minimum absolute atomic E-state index is 0.629. The Morgan fingerprint density at radius 3 is 2.28 bits per heavy atom. The van der Waals surface area contributed by atoms with Crippen molar-refractivity contribution >= 4 is 17.8 Å². The van der Waals surface area contributed by atoms with E-state index in [0.717, 1.165) is 5.30 Å². The maximum absolute atomic E-state index is 13.2. The molecule has 0 radical (unpaired) electrons. The van der Waals surface area contributed by atoms with Crippen LogP contribution in [0, 0.1) is 0 Å². The van der Waals surface area contributed by atoms with Gasteiger partial charge < -0.3 is 9.30 Å². The molecule has 0 heterocycles. The lowest BCUT2D eigenvalue weighted by Gasteiger charge is -2.17. The molecule has 0 unspecified atom stereocenters. The first-order valence-electron chi connectivity index (χ1n) is 5.65. The molecule has 2 aromatic rings. The molecule has 0 saturated carbocycles. The van der Waals surface area contributed by atoms with E-state index >= 15 is 0 Å². The first-order valence-corrected chi connectivity index (χ1v) is 7.42. The molecule has 0 aromatic heterocycles. The van der Waals surface area contributed by atoms with Gasteiger partial charge in [-0.3, -0.25) is 0 Å². The number of methoxy groups -OCH3 is 1. The Kier molecular flexibility index (Phi) is 3.69. The van der Waals surface area contributed by atoms with Gasteiger partial charge in [-0.05, 0) is 17.9 Å². The fraction of sp³-hybridized carbons (Fsp3) is 0.0667. The van der Waals surface area contributed by atoms with E-state index in [9.17, 15) is 4.57 Å². The summed E-state index contributed by atoms with van der Waals surface area (Å²) in [5.41, 5.74) is 0. The van der Waals surface area contributed by atoms with Crippen molar-refractivity contribution in [1.82, 2.24) is 0 Å². The van der Waals surface area contributed by atoms with Crippen LogP contribution in [0.15, 0.2) is 67.0 Å². The first-order chi connectivity index (χ1) is 8.72. The average Bonchev–Trinajstić information content (AvgIpc) is 2.47. The Balaban J connectivity index is 2.65. The summed E-state index contributed by atoms with van der Waals surface area (Å²) < 4.78 is 18.5. The van der Waals surface area contributed by atoms with Crippen LogP contribution in [0.2, 0.25) is 0 Å². The van der Waals surface area contributed by atoms with Gasteiger partial charge in [0.2, 0.25) is 0 Å². The fourth-order valence-electron chi connectivity index (χ4n) is 1.90. The second-order valence-electron chi connectivity index (χ2n) is 3.85. The Hall–Kier alpha value is -1.79. The Labute approximate surface area is 107 Å². The Morgan fingerprint density at radius 2 is 1.67 bits per heavy atom. The lowest BCUT2D eigenvalue weighted by molar-refractivity contribution is 0.418. The Morgan fingerprint density at radius 1 is 1.06 bits per heavy atom. The predicted molar refractivity (Wildman–Crippen MR) is 76.5 cm³/mol. The topological polar surface area (TPSA) is 26.3 Å². The predicted octanol–water partition coefficient (Wildman–Crippen LogP) is 3.15. The largest absolute Gasteiger partial charge is 0.496 e. The highest BCUT2D eigenvalue weighted by atomic mass is 31.2. The third-order valence-electron chi connectivity index (χ3n) is 2.84. The van der Waals surface area contributed by atoms with Crippen LogP contribution >= 0.6 is 7.14 Å². The first kappa shape index (κ1) is 12.7. The van der Waals surface area contributed by atoms with Crippen molar-refractivity contribution in [2.24, 2.45) is 0 Å². The van der Waals surface area contributed by atoms with Crippen molar-refractivity contribution < 1.29 is 9.30 Å². The second-order valence-corrected chi connectivity index (χ2v) is 6.53. The lowest BCUT2D eigenvalue weighted by Crippen LogP contribution is -2.16. The van der Waals surface area contributed by atoms with Crippen molar-refractivity contribution in [3.05, 3.63) is 67.0 Å². The van der Waals surface area contributed by atoms with Crippen LogP contribution in [0.3, 0.4) is 0 Å². The zero-order valence-electron chi connectivity index (χ0n) is 10.2. The number of hydrogen-bond acceptors (Lipinski definition) is 2. The van der Waals surface area contributed by atoms with Crippen LogP contribution in [0.1, 0.15) is 0 Å². The van der Waals surface area contributed by atoms with Crippen molar-refractivity contribution in [3.8, 4) is 5.75 Å². The summed E-state index contributed by atoms with van der Waals surface area (Å²) in [6, 6.07) is 16.7. The number of benzene rings is 2. The summed E-state index contributed by atoms with van der Waals surface area (Å²) in [6.07, 6.45) is 0. The third kappa shape index (κ3) is 2.12. The van der Waals surface area contributed by atoms with Crippen molar-refractivity contribution in [1.29, 1.82) is 0 Å². The van der Waals surface area contributed by atoms with Gasteiger partial charge in [0.05, 0.1) is 12.4 Å². The van der Waals surface area contributed by atoms with Gasteiger partial charge in [0, 0.05) is 5.30 Å². The summed E-state index contributed by atoms with van der Waals surface area (Å²) >= 11 is 0. The molecule has 0 aliphatic rings. The molecule has 3 heteroatoms. The highest BCUT2D eigenvalue weighted by Crippen LogP contribution is 2.46. The van der Waals surface area contributed by atoms with Crippen LogP contribution in [-0.2, 0) is 4.57 Å². The van der Waals surface area contributed by atoms with Crippen LogP contribution in [0.25, 0.3) is 0 Å². The molecule has 2 rings (SSSR count). The molecule has 0 fully saturated rings. The molecule has 0 N–H and O–H groups in total. The minimum atomic E-state index is -2.82. The molecule has 2 aromatic carbocycles. The second kappa shape index (κ2) is 5.24. The molecule has 92 valence electrons. The molecule has 0 saturated heterocycles. The van der Waals surface area contributed by atoms with Gasteiger partial charge in [-0.15, -0.1) is 0 Å². The van der Waals surface area contributed by atoms with Gasteiger partial charge in [-0.1, -0.05) is 49.0 Å². The maximum Gasteiger partial charge on any atom is 0.167 e. The SMILES string of the molecule is C=C[P@](=O)(c1ccccc1)c1ccccc1OC. The summed E-state index contributed by atoms with van der Waals surface area (Å²) in [4.78, 5) is 0. The Bertz CT molecular complexity index is 590. The van der Waals surface area contributed by atoms with Crippen LogP contribution in [-0.4, -0.2) is 7.11 Å². The van der Waals surface area contributed by atoms with E-state index in [1.807, 2.05) is 54.6 Å². The highest BCUT2D eigenvalue weighted by molar-refractivity contribution is 7.81. The summed E-state index contributed by atoms with van der Waals surface area (Å²) in [5, 5.41) is 1.46. The van der Waals surface area contributed by atoms with E-state index in [1.54, 1.807) is 7.11 Å². The van der Waals surface area contributed by atoms with Crippen LogP contribution in [0.5, 0.6) is 5.75 Å². The van der Waals surface area contributed by atoms with Gasteiger partial charge in [-0.25, -0.2) is 0 Å². The molecule has 0 spiro atoms. The van der Waals surface area contributed by atoms with Gasteiger partial charge in [0.25, 0.3) is 0 Å². The van der Waals surface area contributed by atoms with Crippen LogP contribution < -0.4 is 15.3 Å². The lowest BCUT2D eigenvalue weighted by atomic mass is 10.3. The number of hydrogen-bond donors (Lipinski definition) is 0. The monoisotopic (exact) mass is 258 g/mol. The molecule has 0 aliphatic heterocycles. The number of rotatable bonds is 4.